The number of nitrogens with one attached hydrogen (secondary N) is 4. The summed E-state index contributed by atoms with van der Waals surface area (Å²) in [5, 5.41) is 10.3. The molecule has 1 saturated heterocycles. The van der Waals surface area contributed by atoms with Crippen LogP contribution in [0.1, 0.15) is 6.42 Å². The van der Waals surface area contributed by atoms with Crippen LogP contribution in [0.2, 0.25) is 0 Å². The van der Waals surface area contributed by atoms with Gasteiger partial charge in [0.25, 0.3) is 11.8 Å². The Balaban J connectivity index is 1.55. The SMILES string of the molecule is O=C1COc2ccc(NC(=O)NCC3CCNCC3(F)F)cc2N1. The van der Waals surface area contributed by atoms with E-state index in [1.54, 1.807) is 18.2 Å². The quantitative estimate of drug-likeness (QED) is 0.669. The molecule has 1 fully saturated rings. The van der Waals surface area contributed by atoms with Crippen LogP contribution in [-0.2, 0) is 4.79 Å². The monoisotopic (exact) mass is 340 g/mol. The van der Waals surface area contributed by atoms with E-state index in [4.69, 9.17) is 4.74 Å². The van der Waals surface area contributed by atoms with Crippen molar-refractivity contribution in [1.82, 2.24) is 10.6 Å². The number of halogens is 2. The first kappa shape index (κ1) is 16.4. The summed E-state index contributed by atoms with van der Waals surface area (Å²) in [5.74, 6) is -3.49. The summed E-state index contributed by atoms with van der Waals surface area (Å²) in [6.07, 6.45) is 0.301. The molecule has 1 unspecified atom stereocenters. The number of ether oxygens (including phenoxy) is 1. The standard InChI is InChI=1S/C15H18F2N4O3/c16-15(17)8-18-4-3-9(15)6-19-14(23)20-10-1-2-12-11(5-10)21-13(22)7-24-12/h1-2,5,9,18H,3-4,6-8H2,(H,21,22)(H2,19,20,23). The van der Waals surface area contributed by atoms with Crippen LogP contribution >= 0.6 is 0 Å². The Hall–Kier alpha value is -2.42. The summed E-state index contributed by atoms with van der Waals surface area (Å²) in [4.78, 5) is 23.2. The van der Waals surface area contributed by atoms with Gasteiger partial charge >= 0.3 is 6.03 Å². The van der Waals surface area contributed by atoms with Gasteiger partial charge in [0.2, 0.25) is 0 Å². The first-order valence-electron chi connectivity index (χ1n) is 7.64. The van der Waals surface area contributed by atoms with Crippen LogP contribution < -0.4 is 26.0 Å². The molecular weight excluding hydrogens is 322 g/mol. The fourth-order valence-electron chi connectivity index (χ4n) is 2.69. The van der Waals surface area contributed by atoms with E-state index in [1.165, 1.54) is 0 Å². The molecule has 0 bridgehead atoms. The highest BCUT2D eigenvalue weighted by Gasteiger charge is 2.41. The molecule has 0 aromatic heterocycles. The normalized spacial score (nSPS) is 21.9. The summed E-state index contributed by atoms with van der Waals surface area (Å²) in [6.45, 7) is -0.0183. The van der Waals surface area contributed by atoms with E-state index in [1.807, 2.05) is 0 Å². The minimum absolute atomic E-state index is 0.0509. The predicted molar refractivity (Wildman–Crippen MR) is 83.5 cm³/mol. The maximum atomic E-state index is 13.7. The number of hydrogen-bond acceptors (Lipinski definition) is 4. The number of alkyl halides is 2. The highest BCUT2D eigenvalue weighted by Crippen LogP contribution is 2.31. The summed E-state index contributed by atoms with van der Waals surface area (Å²) in [6, 6.07) is 4.19. The van der Waals surface area contributed by atoms with Crippen molar-refractivity contribution in [1.29, 1.82) is 0 Å². The Morgan fingerprint density at radius 3 is 3.04 bits per heavy atom. The minimum Gasteiger partial charge on any atom is -0.482 e. The van der Waals surface area contributed by atoms with Crippen LogP contribution in [0, 0.1) is 5.92 Å². The van der Waals surface area contributed by atoms with Gasteiger partial charge in [0.15, 0.2) is 6.61 Å². The number of urea groups is 1. The van der Waals surface area contributed by atoms with Crippen molar-refractivity contribution >= 4 is 23.3 Å². The van der Waals surface area contributed by atoms with Crippen molar-refractivity contribution in [2.45, 2.75) is 12.3 Å². The van der Waals surface area contributed by atoms with Crippen LogP contribution in [0.15, 0.2) is 18.2 Å². The van der Waals surface area contributed by atoms with Gasteiger partial charge in [-0.05, 0) is 31.2 Å². The number of amides is 3. The number of rotatable bonds is 3. The molecule has 2 heterocycles. The second-order valence-electron chi connectivity index (χ2n) is 5.81. The van der Waals surface area contributed by atoms with Gasteiger partial charge in [0.1, 0.15) is 5.75 Å². The van der Waals surface area contributed by atoms with Crippen molar-refractivity contribution in [3.63, 3.8) is 0 Å². The second kappa shape index (κ2) is 6.60. The Labute approximate surface area is 137 Å². The molecule has 1 aromatic rings. The molecule has 24 heavy (non-hydrogen) atoms. The molecular formula is C15H18F2N4O3. The van der Waals surface area contributed by atoms with Gasteiger partial charge in [0, 0.05) is 18.2 Å². The number of carbonyl (C=O) groups is 2. The zero-order valence-corrected chi connectivity index (χ0v) is 12.8. The number of anilines is 2. The number of fused-ring (bicyclic) bond motifs is 1. The van der Waals surface area contributed by atoms with E-state index in [0.717, 1.165) is 0 Å². The van der Waals surface area contributed by atoms with Gasteiger partial charge in [-0.15, -0.1) is 0 Å². The van der Waals surface area contributed by atoms with E-state index in [0.29, 0.717) is 30.1 Å². The lowest BCUT2D eigenvalue weighted by atomic mass is 9.94. The van der Waals surface area contributed by atoms with Crippen LogP contribution in [0.3, 0.4) is 0 Å². The number of hydrogen-bond donors (Lipinski definition) is 4. The Bertz CT molecular complexity index is 654. The zero-order chi connectivity index (χ0) is 17.2. The van der Waals surface area contributed by atoms with Crippen LogP contribution in [-0.4, -0.2) is 44.1 Å². The number of carbonyl (C=O) groups excluding carboxylic acids is 2. The van der Waals surface area contributed by atoms with E-state index < -0.39 is 17.9 Å². The first-order chi connectivity index (χ1) is 11.4. The fourth-order valence-corrected chi connectivity index (χ4v) is 2.69. The molecule has 0 radical (unpaired) electrons. The molecule has 4 N–H and O–H groups in total. The maximum absolute atomic E-state index is 13.7. The van der Waals surface area contributed by atoms with Gasteiger partial charge in [-0.2, -0.15) is 0 Å². The van der Waals surface area contributed by atoms with Crippen molar-refractivity contribution in [3.05, 3.63) is 18.2 Å². The third kappa shape index (κ3) is 3.73. The van der Waals surface area contributed by atoms with Gasteiger partial charge < -0.3 is 26.0 Å². The highest BCUT2D eigenvalue weighted by molar-refractivity contribution is 5.97. The minimum atomic E-state index is -2.83. The Kier molecular flexibility index (Phi) is 4.52. The Morgan fingerprint density at radius 2 is 2.25 bits per heavy atom. The number of piperidine rings is 1. The summed E-state index contributed by atoms with van der Waals surface area (Å²) in [5.41, 5.74) is 0.878. The van der Waals surface area contributed by atoms with Gasteiger partial charge in [-0.3, -0.25) is 4.79 Å². The molecule has 3 rings (SSSR count). The highest BCUT2D eigenvalue weighted by atomic mass is 19.3. The van der Waals surface area contributed by atoms with E-state index >= 15 is 0 Å². The lowest BCUT2D eigenvalue weighted by molar-refractivity contribution is -0.118. The third-order valence-electron chi connectivity index (χ3n) is 4.01. The predicted octanol–water partition coefficient (Wildman–Crippen LogP) is 1.38. The summed E-state index contributed by atoms with van der Waals surface area (Å²) in [7, 11) is 0. The summed E-state index contributed by atoms with van der Waals surface area (Å²) < 4.78 is 32.6. The van der Waals surface area contributed by atoms with Crippen molar-refractivity contribution in [3.8, 4) is 5.75 Å². The maximum Gasteiger partial charge on any atom is 0.319 e. The molecule has 130 valence electrons. The molecule has 2 aliphatic rings. The molecule has 0 spiro atoms. The molecule has 7 nitrogen and oxygen atoms in total. The topological polar surface area (TPSA) is 91.5 Å². The molecule has 3 amide bonds. The van der Waals surface area contributed by atoms with E-state index in [9.17, 15) is 18.4 Å². The molecule has 1 atom stereocenters. The molecule has 0 aliphatic carbocycles. The van der Waals surface area contributed by atoms with Gasteiger partial charge in [-0.25, -0.2) is 13.6 Å². The molecule has 2 aliphatic heterocycles. The summed E-state index contributed by atoms with van der Waals surface area (Å²) >= 11 is 0. The lowest BCUT2D eigenvalue weighted by Crippen LogP contribution is -2.50. The third-order valence-corrected chi connectivity index (χ3v) is 4.01. The molecule has 0 saturated carbocycles. The smallest absolute Gasteiger partial charge is 0.319 e. The van der Waals surface area contributed by atoms with Crippen molar-refractivity contribution < 1.29 is 23.1 Å². The van der Waals surface area contributed by atoms with Gasteiger partial charge in [-0.1, -0.05) is 0 Å². The fraction of sp³-hybridized carbons (Fsp3) is 0.467. The van der Waals surface area contributed by atoms with Crippen LogP contribution in [0.25, 0.3) is 0 Å². The molecule has 9 heteroatoms. The second-order valence-corrected chi connectivity index (χ2v) is 5.81. The van der Waals surface area contributed by atoms with E-state index in [2.05, 4.69) is 21.3 Å². The average Bonchev–Trinajstić information content (AvgIpc) is 2.53. The first-order valence-corrected chi connectivity index (χ1v) is 7.64. The molecule has 1 aromatic carbocycles. The number of benzene rings is 1. The average molecular weight is 340 g/mol. The zero-order valence-electron chi connectivity index (χ0n) is 12.8. The van der Waals surface area contributed by atoms with E-state index in [-0.39, 0.29) is 25.6 Å². The largest absolute Gasteiger partial charge is 0.482 e. The van der Waals surface area contributed by atoms with Crippen molar-refractivity contribution in [2.24, 2.45) is 5.92 Å². The van der Waals surface area contributed by atoms with Crippen molar-refractivity contribution in [2.75, 3.05) is 36.9 Å². The lowest BCUT2D eigenvalue weighted by Gasteiger charge is -2.31. The van der Waals surface area contributed by atoms with Gasteiger partial charge in [0.05, 0.1) is 12.2 Å². The Morgan fingerprint density at radius 1 is 1.42 bits per heavy atom. The van der Waals surface area contributed by atoms with Crippen LogP contribution in [0.5, 0.6) is 5.75 Å². The van der Waals surface area contributed by atoms with Crippen LogP contribution in [0.4, 0.5) is 25.0 Å².